The Hall–Kier alpha value is -1.56. The minimum absolute atomic E-state index is 0.233. The molecule has 1 amide bonds. The van der Waals surface area contributed by atoms with Gasteiger partial charge < -0.3 is 40.3 Å². The van der Waals surface area contributed by atoms with Crippen molar-refractivity contribution in [3.8, 4) is 0 Å². The molecule has 1 heterocycles. The van der Waals surface area contributed by atoms with E-state index in [2.05, 4.69) is 19.2 Å². The molecule has 0 saturated carbocycles. The summed E-state index contributed by atoms with van der Waals surface area (Å²) in [6.07, 6.45) is 24.3. The van der Waals surface area contributed by atoms with E-state index in [4.69, 9.17) is 9.47 Å². The molecule has 0 aromatic rings. The average Bonchev–Trinajstić information content (AvgIpc) is 3.10. The van der Waals surface area contributed by atoms with Crippen LogP contribution in [0, 0.1) is 0 Å². The van der Waals surface area contributed by atoms with Gasteiger partial charge in [0.15, 0.2) is 12.4 Å². The van der Waals surface area contributed by atoms with Gasteiger partial charge in [-0.3, -0.25) is 4.79 Å². The molecule has 0 aromatic heterocycles. The maximum atomic E-state index is 12.9. The van der Waals surface area contributed by atoms with Crippen LogP contribution < -0.4 is 5.32 Å². The van der Waals surface area contributed by atoms with E-state index in [1.54, 1.807) is 6.08 Å². The molecule has 3 unspecified atom stereocenters. The van der Waals surface area contributed by atoms with Crippen molar-refractivity contribution in [1.29, 1.82) is 0 Å². The van der Waals surface area contributed by atoms with E-state index in [-0.39, 0.29) is 12.5 Å². The Morgan fingerprint density at radius 1 is 0.660 bits per heavy atom. The summed E-state index contributed by atoms with van der Waals surface area (Å²) in [5.41, 5.74) is 0. The Balaban J connectivity index is 2.48. The highest BCUT2D eigenvalue weighted by Gasteiger charge is 2.47. The number of carbonyl (C=O) groups is 2. The number of aliphatic hydroxyl groups excluding tert-OH is 4. The highest BCUT2D eigenvalue weighted by molar-refractivity contribution is 5.76. The van der Waals surface area contributed by atoms with Crippen LogP contribution >= 0.6 is 0 Å². The lowest BCUT2D eigenvalue weighted by Crippen LogP contribution is -2.61. The van der Waals surface area contributed by atoms with E-state index in [9.17, 15) is 35.1 Å². The smallest absolute Gasteiger partial charge is 0.335 e. The first kappa shape index (κ1) is 46.5. The zero-order chi connectivity index (χ0) is 36.8. The molecule has 0 aliphatic carbocycles. The Labute approximate surface area is 303 Å². The number of nitrogens with one attached hydrogen (secondary N) is 1. The number of rotatable bonds is 33. The molecule has 10 nitrogen and oxygen atoms in total. The second-order valence-corrected chi connectivity index (χ2v) is 14.5. The lowest BCUT2D eigenvalue weighted by molar-refractivity contribution is -0.295. The number of carboxylic acids is 1. The fourth-order valence-corrected chi connectivity index (χ4v) is 6.49. The molecular weight excluding hydrogens is 638 g/mol. The monoisotopic (exact) mass is 714 g/mol. The van der Waals surface area contributed by atoms with E-state index < -0.39 is 48.8 Å². The van der Waals surface area contributed by atoms with E-state index in [0.29, 0.717) is 6.42 Å². The Kier molecular flexibility index (Phi) is 28.8. The molecule has 0 radical (unpaired) electrons. The van der Waals surface area contributed by atoms with Gasteiger partial charge in [-0.2, -0.15) is 0 Å². The third-order valence-electron chi connectivity index (χ3n) is 9.83. The van der Waals surface area contributed by atoms with Gasteiger partial charge in [-0.15, -0.1) is 0 Å². The van der Waals surface area contributed by atoms with Gasteiger partial charge in [-0.1, -0.05) is 167 Å². The second kappa shape index (κ2) is 31.0. The van der Waals surface area contributed by atoms with Crippen molar-refractivity contribution in [1.82, 2.24) is 5.32 Å². The lowest BCUT2D eigenvalue weighted by Gasteiger charge is -2.39. The number of carbonyl (C=O) groups excluding carboxylic acids is 1. The zero-order valence-corrected chi connectivity index (χ0v) is 31.7. The van der Waals surface area contributed by atoms with Crippen molar-refractivity contribution in [3.05, 3.63) is 12.2 Å². The van der Waals surface area contributed by atoms with Crippen LogP contribution in [0.4, 0.5) is 0 Å². The molecule has 6 N–H and O–H groups in total. The average molecular weight is 714 g/mol. The maximum Gasteiger partial charge on any atom is 0.335 e. The SMILES string of the molecule is CCCCCCCCCCCCC/C=C/C(O)[C@H](CO[C@H]1OC(C(=O)O)[C@@H](O)C(O)[C@H]1O)NC(=O)CCCCCCCCCCCCCCC. The van der Waals surface area contributed by atoms with E-state index in [1.165, 1.54) is 116 Å². The van der Waals surface area contributed by atoms with Crippen molar-refractivity contribution >= 4 is 11.9 Å². The van der Waals surface area contributed by atoms with E-state index in [1.807, 2.05) is 6.08 Å². The highest BCUT2D eigenvalue weighted by Crippen LogP contribution is 2.23. The molecule has 1 aliphatic heterocycles. The van der Waals surface area contributed by atoms with Gasteiger partial charge in [0.05, 0.1) is 18.8 Å². The molecule has 0 aromatic carbocycles. The summed E-state index contributed by atoms with van der Waals surface area (Å²) in [5, 5.41) is 53.6. The summed E-state index contributed by atoms with van der Waals surface area (Å²) in [6.45, 7) is 4.18. The number of aliphatic hydroxyl groups is 4. The van der Waals surface area contributed by atoms with Gasteiger partial charge >= 0.3 is 5.97 Å². The molecule has 10 heteroatoms. The minimum Gasteiger partial charge on any atom is -0.479 e. The Morgan fingerprint density at radius 3 is 1.56 bits per heavy atom. The van der Waals surface area contributed by atoms with Crippen LogP contribution in [-0.2, 0) is 19.1 Å². The molecular formula is C40H75NO9. The summed E-state index contributed by atoms with van der Waals surface area (Å²) in [7, 11) is 0. The van der Waals surface area contributed by atoms with Crippen LogP contribution in [0.3, 0.4) is 0 Å². The number of hydrogen-bond donors (Lipinski definition) is 6. The predicted octanol–water partition coefficient (Wildman–Crippen LogP) is 7.48. The number of hydrogen-bond acceptors (Lipinski definition) is 8. The Morgan fingerprint density at radius 2 is 1.10 bits per heavy atom. The summed E-state index contributed by atoms with van der Waals surface area (Å²) in [5.74, 6) is -1.74. The van der Waals surface area contributed by atoms with Crippen LogP contribution in [0.2, 0.25) is 0 Å². The molecule has 50 heavy (non-hydrogen) atoms. The maximum absolute atomic E-state index is 12.9. The normalized spacial score (nSPS) is 22.2. The van der Waals surface area contributed by atoms with Crippen LogP contribution in [0.1, 0.15) is 181 Å². The second-order valence-electron chi connectivity index (χ2n) is 14.5. The fraction of sp³-hybridized carbons (Fsp3) is 0.900. The zero-order valence-electron chi connectivity index (χ0n) is 31.7. The van der Waals surface area contributed by atoms with Crippen LogP contribution in [0.15, 0.2) is 12.2 Å². The first-order valence-corrected chi connectivity index (χ1v) is 20.4. The summed E-state index contributed by atoms with van der Waals surface area (Å²) >= 11 is 0. The van der Waals surface area contributed by atoms with E-state index in [0.717, 1.165) is 44.9 Å². The number of ether oxygens (including phenoxy) is 2. The first-order chi connectivity index (χ1) is 24.2. The molecule has 7 atom stereocenters. The number of allylic oxidation sites excluding steroid dienone is 1. The van der Waals surface area contributed by atoms with Crippen LogP contribution in [0.5, 0.6) is 0 Å². The molecule has 0 spiro atoms. The van der Waals surface area contributed by atoms with Gasteiger partial charge in [0.25, 0.3) is 0 Å². The summed E-state index contributed by atoms with van der Waals surface area (Å²) in [6, 6.07) is -0.888. The third kappa shape index (κ3) is 22.4. The number of carboxylic acid groups (broad SMARTS) is 1. The van der Waals surface area contributed by atoms with Gasteiger partial charge in [-0.05, 0) is 19.3 Å². The minimum atomic E-state index is -1.83. The summed E-state index contributed by atoms with van der Waals surface area (Å²) in [4.78, 5) is 24.4. The van der Waals surface area contributed by atoms with Gasteiger partial charge in [0.1, 0.15) is 18.3 Å². The highest BCUT2D eigenvalue weighted by atomic mass is 16.7. The van der Waals surface area contributed by atoms with Crippen molar-refractivity contribution in [2.24, 2.45) is 0 Å². The van der Waals surface area contributed by atoms with Crippen molar-refractivity contribution in [2.75, 3.05) is 6.61 Å². The van der Waals surface area contributed by atoms with Gasteiger partial charge in [-0.25, -0.2) is 4.79 Å². The number of amides is 1. The topological polar surface area (TPSA) is 166 Å². The van der Waals surface area contributed by atoms with Gasteiger partial charge in [0, 0.05) is 6.42 Å². The fourth-order valence-electron chi connectivity index (χ4n) is 6.49. The van der Waals surface area contributed by atoms with Crippen LogP contribution in [-0.4, -0.2) is 86.9 Å². The predicted molar refractivity (Wildman–Crippen MR) is 199 cm³/mol. The summed E-state index contributed by atoms with van der Waals surface area (Å²) < 4.78 is 10.8. The first-order valence-electron chi connectivity index (χ1n) is 20.4. The molecule has 294 valence electrons. The third-order valence-corrected chi connectivity index (χ3v) is 9.83. The van der Waals surface area contributed by atoms with Gasteiger partial charge in [0.2, 0.25) is 5.91 Å². The van der Waals surface area contributed by atoms with Crippen LogP contribution in [0.25, 0.3) is 0 Å². The Bertz CT molecular complexity index is 857. The van der Waals surface area contributed by atoms with Crippen molar-refractivity contribution < 1.29 is 44.6 Å². The van der Waals surface area contributed by atoms with Crippen molar-refractivity contribution in [2.45, 2.75) is 224 Å². The van der Waals surface area contributed by atoms with Crippen molar-refractivity contribution in [3.63, 3.8) is 0 Å². The molecule has 1 rings (SSSR count). The number of aliphatic carboxylic acids is 1. The molecule has 0 bridgehead atoms. The number of unbranched alkanes of at least 4 members (excludes halogenated alkanes) is 23. The molecule has 1 aliphatic rings. The lowest BCUT2D eigenvalue weighted by atomic mass is 9.99. The molecule has 1 saturated heterocycles. The van der Waals surface area contributed by atoms with E-state index >= 15 is 0 Å². The largest absolute Gasteiger partial charge is 0.479 e. The quantitative estimate of drug-likeness (QED) is 0.0299. The standard InChI is InChI=1S/C40H75NO9/c1-3-5-7-9-11-13-15-17-19-21-23-25-27-29-33(42)32(31-49-40-37(46)35(44)36(45)38(50-40)39(47)48)41-34(43)30-28-26-24-22-20-18-16-14-12-10-8-6-4-2/h27,29,32-33,35-38,40,42,44-46H,3-26,28,30-31H2,1-2H3,(H,41,43)(H,47,48)/b29-27+/t32-,33?,35?,36-,37+,38?,40-/m0/s1. The molecule has 1 fully saturated rings.